The number of benzene rings is 1. The van der Waals surface area contributed by atoms with Crippen LogP contribution in [-0.4, -0.2) is 11.5 Å². The van der Waals surface area contributed by atoms with Crippen molar-refractivity contribution in [3.8, 4) is 0 Å². The number of hydrogen-bond donors (Lipinski definition) is 1. The maximum atomic E-state index is 6.25. The molecule has 2 N–H and O–H groups in total. The topological polar surface area (TPSA) is 29.3 Å². The van der Waals surface area contributed by atoms with E-state index in [1.54, 1.807) is 11.8 Å². The zero-order valence-electron chi connectivity index (χ0n) is 9.43. The highest BCUT2D eigenvalue weighted by molar-refractivity contribution is 8.00. The number of hydrogen-bond acceptors (Lipinski definition) is 3. The van der Waals surface area contributed by atoms with Gasteiger partial charge in [-0.15, -0.1) is 0 Å². The average Bonchev–Trinajstić information content (AvgIpc) is 2.66. The standard InChI is InChI=1S/C13H18N2S/c14-13-15(10-6-2-1-3-7-10)11-8-4-5-9-12(11)16-13/h4-5,8-10,13H,1-3,6-7,14H2. The third-order valence-electron chi connectivity index (χ3n) is 3.63. The summed E-state index contributed by atoms with van der Waals surface area (Å²) < 4.78 is 0. The summed E-state index contributed by atoms with van der Waals surface area (Å²) in [5.41, 5.74) is 7.73. The lowest BCUT2D eigenvalue weighted by Gasteiger charge is -2.35. The summed E-state index contributed by atoms with van der Waals surface area (Å²) in [6.45, 7) is 0. The van der Waals surface area contributed by atoms with Crippen molar-refractivity contribution in [1.29, 1.82) is 0 Å². The monoisotopic (exact) mass is 234 g/mol. The van der Waals surface area contributed by atoms with Crippen LogP contribution in [0.5, 0.6) is 0 Å². The number of fused-ring (bicyclic) bond motifs is 1. The van der Waals surface area contributed by atoms with Crippen LogP contribution in [-0.2, 0) is 0 Å². The van der Waals surface area contributed by atoms with Crippen molar-refractivity contribution in [2.24, 2.45) is 5.73 Å². The van der Waals surface area contributed by atoms with E-state index in [9.17, 15) is 0 Å². The van der Waals surface area contributed by atoms with Gasteiger partial charge in [0.05, 0.1) is 5.69 Å². The Morgan fingerprint density at radius 1 is 1.12 bits per heavy atom. The minimum Gasteiger partial charge on any atom is -0.343 e. The van der Waals surface area contributed by atoms with Crippen LogP contribution >= 0.6 is 11.8 Å². The van der Waals surface area contributed by atoms with Crippen LogP contribution in [0.3, 0.4) is 0 Å². The second-order valence-corrected chi connectivity index (χ2v) is 5.83. The predicted octanol–water partition coefficient (Wildman–Crippen LogP) is 3.17. The van der Waals surface area contributed by atoms with Gasteiger partial charge in [0, 0.05) is 10.9 Å². The SMILES string of the molecule is NC1Sc2ccccc2N1C1CCCCC1. The highest BCUT2D eigenvalue weighted by Gasteiger charge is 2.32. The van der Waals surface area contributed by atoms with Gasteiger partial charge in [0.1, 0.15) is 5.50 Å². The third-order valence-corrected chi connectivity index (χ3v) is 4.70. The molecule has 2 nitrogen and oxygen atoms in total. The van der Waals surface area contributed by atoms with Gasteiger partial charge in [0.15, 0.2) is 0 Å². The van der Waals surface area contributed by atoms with Crippen LogP contribution in [0.1, 0.15) is 32.1 Å². The van der Waals surface area contributed by atoms with Gasteiger partial charge < -0.3 is 10.6 Å². The molecule has 1 aliphatic heterocycles. The van der Waals surface area contributed by atoms with Crippen molar-refractivity contribution < 1.29 is 0 Å². The molecule has 2 aliphatic rings. The Labute approximate surface area is 101 Å². The first-order chi connectivity index (χ1) is 7.86. The number of thioether (sulfide) groups is 1. The summed E-state index contributed by atoms with van der Waals surface area (Å²) in [7, 11) is 0. The van der Waals surface area contributed by atoms with Gasteiger partial charge in [-0.1, -0.05) is 43.2 Å². The van der Waals surface area contributed by atoms with Gasteiger partial charge in [0.25, 0.3) is 0 Å². The Balaban J connectivity index is 1.89. The molecule has 0 aromatic heterocycles. The lowest BCUT2D eigenvalue weighted by atomic mass is 9.94. The number of nitrogens with two attached hydrogens (primary N) is 1. The van der Waals surface area contributed by atoms with E-state index in [0.29, 0.717) is 6.04 Å². The van der Waals surface area contributed by atoms with Gasteiger partial charge in [-0.2, -0.15) is 0 Å². The first-order valence-electron chi connectivity index (χ1n) is 6.16. The first kappa shape index (κ1) is 10.5. The number of rotatable bonds is 1. The summed E-state index contributed by atoms with van der Waals surface area (Å²) in [6.07, 6.45) is 6.74. The molecule has 0 saturated heterocycles. The highest BCUT2D eigenvalue weighted by atomic mass is 32.2. The van der Waals surface area contributed by atoms with Crippen LogP contribution in [0.25, 0.3) is 0 Å². The molecule has 0 radical (unpaired) electrons. The van der Waals surface area contributed by atoms with Crippen LogP contribution in [0.15, 0.2) is 29.2 Å². The molecule has 1 aromatic carbocycles. The second-order valence-electron chi connectivity index (χ2n) is 4.68. The summed E-state index contributed by atoms with van der Waals surface area (Å²) in [6, 6.07) is 9.28. The zero-order chi connectivity index (χ0) is 11.0. The molecule has 1 fully saturated rings. The molecular formula is C13H18N2S. The van der Waals surface area contributed by atoms with Crippen LogP contribution in [0, 0.1) is 0 Å². The molecule has 0 amide bonds. The normalized spacial score (nSPS) is 25.8. The van der Waals surface area contributed by atoms with Crippen LogP contribution in [0.2, 0.25) is 0 Å². The quantitative estimate of drug-likeness (QED) is 0.809. The highest BCUT2D eigenvalue weighted by Crippen LogP contribution is 2.44. The lowest BCUT2D eigenvalue weighted by molar-refractivity contribution is 0.412. The smallest absolute Gasteiger partial charge is 0.130 e. The van der Waals surface area contributed by atoms with Crippen molar-refractivity contribution in [2.75, 3.05) is 4.90 Å². The lowest BCUT2D eigenvalue weighted by Crippen LogP contribution is -2.44. The fourth-order valence-corrected chi connectivity index (χ4v) is 3.97. The van der Waals surface area contributed by atoms with Gasteiger partial charge >= 0.3 is 0 Å². The molecule has 1 unspecified atom stereocenters. The van der Waals surface area contributed by atoms with Gasteiger partial charge in [-0.25, -0.2) is 0 Å². The minimum atomic E-state index is 0.125. The molecule has 0 spiro atoms. The average molecular weight is 234 g/mol. The minimum absolute atomic E-state index is 0.125. The molecule has 1 heterocycles. The Hall–Kier alpha value is -0.670. The van der Waals surface area contributed by atoms with E-state index in [-0.39, 0.29) is 5.50 Å². The van der Waals surface area contributed by atoms with Crippen LogP contribution < -0.4 is 10.6 Å². The van der Waals surface area contributed by atoms with E-state index < -0.39 is 0 Å². The number of para-hydroxylation sites is 1. The summed E-state index contributed by atoms with van der Waals surface area (Å²) in [4.78, 5) is 3.79. The largest absolute Gasteiger partial charge is 0.343 e. The van der Waals surface area contributed by atoms with Gasteiger partial charge in [-0.3, -0.25) is 0 Å². The Kier molecular flexibility index (Phi) is 2.82. The molecule has 86 valence electrons. The molecule has 3 rings (SSSR count). The third kappa shape index (κ3) is 1.72. The molecule has 0 bridgehead atoms. The molecule has 1 aromatic rings. The van der Waals surface area contributed by atoms with Crippen molar-refractivity contribution >= 4 is 17.4 Å². The van der Waals surface area contributed by atoms with Crippen molar-refractivity contribution in [1.82, 2.24) is 0 Å². The summed E-state index contributed by atoms with van der Waals surface area (Å²) in [5.74, 6) is 0. The molecule has 16 heavy (non-hydrogen) atoms. The van der Waals surface area contributed by atoms with Crippen molar-refractivity contribution in [3.05, 3.63) is 24.3 Å². The Bertz CT molecular complexity index is 374. The second kappa shape index (κ2) is 4.30. The van der Waals surface area contributed by atoms with Gasteiger partial charge in [0.2, 0.25) is 0 Å². The zero-order valence-corrected chi connectivity index (χ0v) is 10.2. The van der Waals surface area contributed by atoms with Gasteiger partial charge in [-0.05, 0) is 25.0 Å². The van der Waals surface area contributed by atoms with E-state index in [0.717, 1.165) is 0 Å². The fourth-order valence-electron chi connectivity index (χ4n) is 2.86. The van der Waals surface area contributed by atoms with E-state index >= 15 is 0 Å². The fraction of sp³-hybridized carbons (Fsp3) is 0.538. The molecule has 1 saturated carbocycles. The van der Waals surface area contributed by atoms with E-state index in [1.807, 2.05) is 0 Å². The maximum absolute atomic E-state index is 6.25. The van der Waals surface area contributed by atoms with Crippen molar-refractivity contribution in [3.63, 3.8) is 0 Å². The summed E-state index contributed by atoms with van der Waals surface area (Å²) in [5, 5.41) is 0. The molecule has 3 heteroatoms. The molecule has 1 atom stereocenters. The predicted molar refractivity (Wildman–Crippen MR) is 69.6 cm³/mol. The molecule has 1 aliphatic carbocycles. The van der Waals surface area contributed by atoms with Crippen molar-refractivity contribution in [2.45, 2.75) is 48.5 Å². The Morgan fingerprint density at radius 3 is 2.69 bits per heavy atom. The number of nitrogens with zero attached hydrogens (tertiary/aromatic N) is 1. The summed E-state index contributed by atoms with van der Waals surface area (Å²) >= 11 is 1.80. The van der Waals surface area contributed by atoms with Crippen LogP contribution in [0.4, 0.5) is 5.69 Å². The maximum Gasteiger partial charge on any atom is 0.130 e. The Morgan fingerprint density at radius 2 is 1.88 bits per heavy atom. The van der Waals surface area contributed by atoms with E-state index in [4.69, 9.17) is 5.73 Å². The molecular weight excluding hydrogens is 216 g/mol. The van der Waals surface area contributed by atoms with E-state index in [2.05, 4.69) is 29.2 Å². The first-order valence-corrected chi connectivity index (χ1v) is 7.04. The number of anilines is 1. The van der Waals surface area contributed by atoms with E-state index in [1.165, 1.54) is 42.7 Å².